The maximum absolute atomic E-state index is 13.4. The van der Waals surface area contributed by atoms with Crippen molar-refractivity contribution >= 4 is 17.4 Å². The Balaban J connectivity index is 1.88. The molecule has 1 N–H and O–H groups in total. The minimum Gasteiger partial charge on any atom is -0.507 e. The van der Waals surface area contributed by atoms with E-state index in [1.165, 1.54) is 25.3 Å². The van der Waals surface area contributed by atoms with Gasteiger partial charge in [0, 0.05) is 12.6 Å². The number of benzene rings is 3. The summed E-state index contributed by atoms with van der Waals surface area (Å²) in [6.07, 6.45) is -4.58. The highest BCUT2D eigenvalue weighted by Gasteiger charge is 2.46. The molecule has 1 amide bonds. The van der Waals surface area contributed by atoms with Crippen molar-refractivity contribution in [3.63, 3.8) is 0 Å². The lowest BCUT2D eigenvalue weighted by molar-refractivity contribution is -0.140. The molecule has 3 aromatic carbocycles. The number of alkyl halides is 3. The molecule has 1 fully saturated rings. The third-order valence-electron chi connectivity index (χ3n) is 6.38. The van der Waals surface area contributed by atoms with E-state index >= 15 is 0 Å². The van der Waals surface area contributed by atoms with Crippen LogP contribution in [0.25, 0.3) is 5.76 Å². The van der Waals surface area contributed by atoms with E-state index in [4.69, 9.17) is 14.2 Å². The van der Waals surface area contributed by atoms with Gasteiger partial charge in [-0.3, -0.25) is 9.59 Å². The van der Waals surface area contributed by atoms with Gasteiger partial charge in [-0.25, -0.2) is 0 Å². The van der Waals surface area contributed by atoms with E-state index in [-0.39, 0.29) is 35.6 Å². The summed E-state index contributed by atoms with van der Waals surface area (Å²) in [6, 6.07) is 14.7. The number of likely N-dealkylation sites (tertiary alicyclic amines) is 1. The quantitative estimate of drug-likeness (QED) is 0.194. The molecule has 1 heterocycles. The first-order valence-electron chi connectivity index (χ1n) is 12.6. The fourth-order valence-electron chi connectivity index (χ4n) is 4.62. The smallest absolute Gasteiger partial charge is 0.416 e. The number of ether oxygens (including phenoxy) is 3. The van der Waals surface area contributed by atoms with Gasteiger partial charge in [0.2, 0.25) is 0 Å². The molecule has 210 valence electrons. The number of methoxy groups -OCH3 is 1. The molecular weight excluding hydrogens is 527 g/mol. The summed E-state index contributed by atoms with van der Waals surface area (Å²) in [5.74, 6) is -1.27. The summed E-state index contributed by atoms with van der Waals surface area (Å²) in [7, 11) is 1.45. The molecule has 0 saturated carbocycles. The Hall–Kier alpha value is -4.47. The van der Waals surface area contributed by atoms with Gasteiger partial charge in [0.05, 0.1) is 43.1 Å². The number of carbonyl (C=O) groups excluding carboxylic acids is 2. The van der Waals surface area contributed by atoms with Crippen molar-refractivity contribution in [2.45, 2.75) is 32.6 Å². The maximum Gasteiger partial charge on any atom is 0.416 e. The van der Waals surface area contributed by atoms with Crippen molar-refractivity contribution in [3.8, 4) is 17.2 Å². The minimum atomic E-state index is -4.58. The monoisotopic (exact) mass is 555 g/mol. The standard InChI is InChI=1S/C30H28F3NO6/c1-4-39-22-12-13-23(24(16-22)40-5-2)27(35)25-26(19-9-7-11-21(15-19)38-3)34(29(37)28(25)36)17-18-8-6-10-20(14-18)30(31,32)33/h6-16,26,35H,4-5,17H2,1-3H3/b27-25-. The number of amides is 1. The molecule has 1 atom stereocenters. The van der Waals surface area contributed by atoms with E-state index < -0.39 is 35.2 Å². The lowest BCUT2D eigenvalue weighted by Crippen LogP contribution is -2.29. The van der Waals surface area contributed by atoms with E-state index in [2.05, 4.69) is 0 Å². The number of hydrogen-bond donors (Lipinski definition) is 1. The first-order valence-corrected chi connectivity index (χ1v) is 12.6. The minimum absolute atomic E-state index is 0.162. The normalized spacial score (nSPS) is 16.8. The van der Waals surface area contributed by atoms with Gasteiger partial charge in [-0.2, -0.15) is 13.2 Å². The first-order chi connectivity index (χ1) is 19.1. The van der Waals surface area contributed by atoms with Crippen molar-refractivity contribution in [2.24, 2.45) is 0 Å². The summed E-state index contributed by atoms with van der Waals surface area (Å²) in [4.78, 5) is 27.9. The third kappa shape index (κ3) is 5.75. The molecule has 40 heavy (non-hydrogen) atoms. The zero-order valence-electron chi connectivity index (χ0n) is 22.1. The number of halogens is 3. The van der Waals surface area contributed by atoms with Crippen LogP contribution >= 0.6 is 0 Å². The summed E-state index contributed by atoms with van der Waals surface area (Å²) in [6.45, 7) is 3.90. The largest absolute Gasteiger partial charge is 0.507 e. The second-order valence-electron chi connectivity index (χ2n) is 8.93. The zero-order valence-corrected chi connectivity index (χ0v) is 22.1. The van der Waals surface area contributed by atoms with Gasteiger partial charge in [0.1, 0.15) is 23.0 Å². The molecule has 0 radical (unpaired) electrons. The molecule has 4 rings (SSSR count). The van der Waals surface area contributed by atoms with Crippen LogP contribution in [0.2, 0.25) is 0 Å². The highest BCUT2D eigenvalue weighted by Crippen LogP contribution is 2.43. The van der Waals surface area contributed by atoms with E-state index in [1.807, 2.05) is 6.92 Å². The fourth-order valence-corrected chi connectivity index (χ4v) is 4.62. The van der Waals surface area contributed by atoms with Crippen molar-refractivity contribution in [1.29, 1.82) is 0 Å². The summed E-state index contributed by atoms with van der Waals surface area (Å²) in [5.41, 5.74) is -0.350. The number of aliphatic hydroxyl groups is 1. The third-order valence-corrected chi connectivity index (χ3v) is 6.38. The van der Waals surface area contributed by atoms with Gasteiger partial charge in [-0.1, -0.05) is 24.3 Å². The Labute approximate surface area is 229 Å². The van der Waals surface area contributed by atoms with Crippen LogP contribution in [0.15, 0.2) is 72.3 Å². The van der Waals surface area contributed by atoms with Crippen LogP contribution in [-0.2, 0) is 22.3 Å². The van der Waals surface area contributed by atoms with Crippen LogP contribution in [0.5, 0.6) is 17.2 Å². The number of aliphatic hydroxyl groups excluding tert-OH is 1. The van der Waals surface area contributed by atoms with E-state index in [9.17, 15) is 27.9 Å². The van der Waals surface area contributed by atoms with E-state index in [0.29, 0.717) is 23.7 Å². The maximum atomic E-state index is 13.4. The Morgan fingerprint density at radius 3 is 2.33 bits per heavy atom. The van der Waals surface area contributed by atoms with Crippen molar-refractivity contribution in [3.05, 3.63) is 94.6 Å². The van der Waals surface area contributed by atoms with Crippen molar-refractivity contribution < 1.29 is 42.1 Å². The van der Waals surface area contributed by atoms with Crippen LogP contribution < -0.4 is 14.2 Å². The first kappa shape index (κ1) is 28.5. The summed E-state index contributed by atoms with van der Waals surface area (Å²) >= 11 is 0. The average Bonchev–Trinajstić information content (AvgIpc) is 3.18. The molecule has 1 aliphatic rings. The number of hydrogen-bond acceptors (Lipinski definition) is 6. The van der Waals surface area contributed by atoms with Crippen molar-refractivity contribution in [2.75, 3.05) is 20.3 Å². The van der Waals surface area contributed by atoms with Crippen LogP contribution in [0.1, 0.15) is 42.1 Å². The summed E-state index contributed by atoms with van der Waals surface area (Å²) in [5, 5.41) is 11.5. The highest BCUT2D eigenvalue weighted by molar-refractivity contribution is 6.46. The van der Waals surface area contributed by atoms with Crippen LogP contribution in [0.3, 0.4) is 0 Å². The van der Waals surface area contributed by atoms with Gasteiger partial charge in [-0.05, 0) is 61.4 Å². The van der Waals surface area contributed by atoms with Gasteiger partial charge < -0.3 is 24.2 Å². The second-order valence-corrected chi connectivity index (χ2v) is 8.93. The molecule has 1 unspecified atom stereocenters. The van der Waals surface area contributed by atoms with E-state index in [1.54, 1.807) is 43.3 Å². The van der Waals surface area contributed by atoms with Crippen LogP contribution in [0, 0.1) is 0 Å². The average molecular weight is 556 g/mol. The number of nitrogens with zero attached hydrogens (tertiary/aromatic N) is 1. The molecule has 0 spiro atoms. The topological polar surface area (TPSA) is 85.3 Å². The predicted octanol–water partition coefficient (Wildman–Crippen LogP) is 6.13. The van der Waals surface area contributed by atoms with Gasteiger partial charge in [0.15, 0.2) is 0 Å². The predicted molar refractivity (Wildman–Crippen MR) is 141 cm³/mol. The summed E-state index contributed by atoms with van der Waals surface area (Å²) < 4.78 is 56.6. The fraction of sp³-hybridized carbons (Fsp3) is 0.267. The number of carbonyl (C=O) groups is 2. The Bertz CT molecular complexity index is 1450. The Morgan fingerprint density at radius 2 is 1.65 bits per heavy atom. The molecule has 7 nitrogen and oxygen atoms in total. The molecular formula is C30H28F3NO6. The molecule has 0 aliphatic carbocycles. The molecule has 10 heteroatoms. The number of ketones is 1. The second kappa shape index (κ2) is 11.7. The molecule has 0 aromatic heterocycles. The lowest BCUT2D eigenvalue weighted by atomic mass is 9.94. The van der Waals surface area contributed by atoms with Crippen LogP contribution in [0.4, 0.5) is 13.2 Å². The van der Waals surface area contributed by atoms with Gasteiger partial charge in [0.25, 0.3) is 11.7 Å². The molecule has 3 aromatic rings. The molecule has 0 bridgehead atoms. The Morgan fingerprint density at radius 1 is 0.925 bits per heavy atom. The highest BCUT2D eigenvalue weighted by atomic mass is 19.4. The molecule has 1 saturated heterocycles. The van der Waals surface area contributed by atoms with E-state index in [0.717, 1.165) is 17.0 Å². The van der Waals surface area contributed by atoms with Crippen molar-refractivity contribution in [1.82, 2.24) is 4.90 Å². The lowest BCUT2D eigenvalue weighted by Gasteiger charge is -2.26. The zero-order chi connectivity index (χ0) is 29.0. The van der Waals surface area contributed by atoms with Crippen LogP contribution in [-0.4, -0.2) is 42.0 Å². The number of Topliss-reactive ketones (excluding diaryl/α,β-unsaturated/α-hetero) is 1. The SMILES string of the molecule is CCOc1ccc(/C(O)=C2/C(=O)C(=O)N(Cc3cccc(C(F)(F)F)c3)C2c2cccc(OC)c2)c(OCC)c1. The Kier molecular flexibility index (Phi) is 8.37. The van der Waals surface area contributed by atoms with Gasteiger partial charge >= 0.3 is 6.18 Å². The van der Waals surface area contributed by atoms with Gasteiger partial charge in [-0.15, -0.1) is 0 Å². The number of rotatable bonds is 9. The molecule has 1 aliphatic heterocycles.